The van der Waals surface area contributed by atoms with E-state index in [0.29, 0.717) is 5.75 Å². The van der Waals surface area contributed by atoms with Gasteiger partial charge in [-0.2, -0.15) is 0 Å². The molecule has 0 aliphatic carbocycles. The fourth-order valence-electron chi connectivity index (χ4n) is 1.94. The Bertz CT molecular complexity index is 683. The van der Waals surface area contributed by atoms with Crippen molar-refractivity contribution in [2.24, 2.45) is 0 Å². The van der Waals surface area contributed by atoms with E-state index in [1.807, 2.05) is 42.5 Å². The Morgan fingerprint density at radius 3 is 2.50 bits per heavy atom. The van der Waals surface area contributed by atoms with E-state index < -0.39 is 0 Å². The van der Waals surface area contributed by atoms with Gasteiger partial charge in [-0.25, -0.2) is 0 Å². The largest absolute Gasteiger partial charge is 0.507 e. The number of aromatic hydroxyl groups is 1. The Morgan fingerprint density at radius 2 is 1.83 bits per heavy atom. The quantitative estimate of drug-likeness (QED) is 0.741. The van der Waals surface area contributed by atoms with E-state index in [4.69, 9.17) is 4.74 Å². The number of thiophene rings is 1. The predicted octanol–water partition coefficient (Wildman–Crippen LogP) is 4.28. The molecule has 1 aromatic heterocycles. The van der Waals surface area contributed by atoms with Crippen LogP contribution in [0.25, 0.3) is 20.5 Å². The summed E-state index contributed by atoms with van der Waals surface area (Å²) in [7, 11) is 1.66. The molecule has 0 amide bonds. The van der Waals surface area contributed by atoms with Crippen LogP contribution in [0.3, 0.4) is 0 Å². The summed E-state index contributed by atoms with van der Waals surface area (Å²) in [6, 6.07) is 15.6. The van der Waals surface area contributed by atoms with Crippen LogP contribution in [0.5, 0.6) is 11.5 Å². The van der Waals surface area contributed by atoms with Gasteiger partial charge in [0.1, 0.15) is 11.5 Å². The highest BCUT2D eigenvalue weighted by Crippen LogP contribution is 2.37. The third-order valence-electron chi connectivity index (χ3n) is 2.91. The van der Waals surface area contributed by atoms with Crippen molar-refractivity contribution in [1.29, 1.82) is 0 Å². The summed E-state index contributed by atoms with van der Waals surface area (Å²) >= 11 is 1.68. The van der Waals surface area contributed by atoms with E-state index in [1.54, 1.807) is 24.5 Å². The maximum atomic E-state index is 9.80. The maximum Gasteiger partial charge on any atom is 0.124 e. The number of phenolic OH excluding ortho intramolecular Hbond substituents is 1. The second-order valence-electron chi connectivity index (χ2n) is 4.03. The summed E-state index contributed by atoms with van der Waals surface area (Å²) in [5.41, 5.74) is 1.14. The standard InChI is InChI=1S/C15H12O2S/c1-17-11-7-5-10(6-8-11)15-9-12-13(16)3-2-4-14(12)18-15/h2-9,16H,1H3. The van der Waals surface area contributed by atoms with Crippen molar-refractivity contribution < 1.29 is 9.84 Å². The molecule has 0 aliphatic rings. The van der Waals surface area contributed by atoms with Crippen molar-refractivity contribution in [3.63, 3.8) is 0 Å². The molecule has 1 heterocycles. The fraction of sp³-hybridized carbons (Fsp3) is 0.0667. The number of ether oxygens (including phenoxy) is 1. The number of methoxy groups -OCH3 is 1. The molecule has 0 spiro atoms. The molecule has 3 heteroatoms. The van der Waals surface area contributed by atoms with Gasteiger partial charge in [-0.1, -0.05) is 6.07 Å². The molecule has 3 aromatic rings. The van der Waals surface area contributed by atoms with E-state index in [2.05, 4.69) is 0 Å². The van der Waals surface area contributed by atoms with E-state index in [1.165, 1.54) is 0 Å². The molecule has 0 fully saturated rings. The lowest BCUT2D eigenvalue weighted by molar-refractivity contribution is 0.415. The second kappa shape index (κ2) is 4.35. The number of phenols is 1. The van der Waals surface area contributed by atoms with Crippen LogP contribution in [0.15, 0.2) is 48.5 Å². The molecule has 90 valence electrons. The maximum absolute atomic E-state index is 9.80. The second-order valence-corrected chi connectivity index (χ2v) is 5.11. The molecule has 1 N–H and O–H groups in total. The Balaban J connectivity index is 2.10. The molecule has 0 saturated heterocycles. The lowest BCUT2D eigenvalue weighted by atomic mass is 10.1. The van der Waals surface area contributed by atoms with Crippen molar-refractivity contribution in [1.82, 2.24) is 0 Å². The molecule has 18 heavy (non-hydrogen) atoms. The molecule has 0 bridgehead atoms. The van der Waals surface area contributed by atoms with Gasteiger partial charge in [-0.3, -0.25) is 0 Å². The first-order chi connectivity index (χ1) is 8.78. The number of hydrogen-bond acceptors (Lipinski definition) is 3. The Kier molecular flexibility index (Phi) is 2.68. The van der Waals surface area contributed by atoms with Gasteiger partial charge in [0.05, 0.1) is 7.11 Å². The molecule has 0 saturated carbocycles. The monoisotopic (exact) mass is 256 g/mol. The summed E-state index contributed by atoms with van der Waals surface area (Å²) in [5, 5.41) is 10.7. The van der Waals surface area contributed by atoms with Crippen molar-refractivity contribution >= 4 is 21.4 Å². The molecular weight excluding hydrogens is 244 g/mol. The molecule has 2 nitrogen and oxygen atoms in total. The summed E-state index contributed by atoms with van der Waals surface area (Å²) in [6.07, 6.45) is 0. The van der Waals surface area contributed by atoms with Gasteiger partial charge in [-0.05, 0) is 48.0 Å². The Labute approximate surface area is 109 Å². The molecule has 0 radical (unpaired) electrons. The zero-order valence-corrected chi connectivity index (χ0v) is 10.7. The highest BCUT2D eigenvalue weighted by Gasteiger charge is 2.07. The van der Waals surface area contributed by atoms with Crippen LogP contribution in [0.1, 0.15) is 0 Å². The summed E-state index contributed by atoms with van der Waals surface area (Å²) < 4.78 is 6.24. The van der Waals surface area contributed by atoms with Crippen LogP contribution in [0.2, 0.25) is 0 Å². The lowest BCUT2D eigenvalue weighted by Crippen LogP contribution is -1.81. The minimum atomic E-state index is 0.337. The van der Waals surface area contributed by atoms with Crippen LogP contribution in [-0.2, 0) is 0 Å². The van der Waals surface area contributed by atoms with Crippen molar-refractivity contribution in [2.45, 2.75) is 0 Å². The van der Waals surface area contributed by atoms with Crippen LogP contribution >= 0.6 is 11.3 Å². The average Bonchev–Trinajstić information content (AvgIpc) is 2.84. The molecular formula is C15H12O2S. The van der Waals surface area contributed by atoms with E-state index in [9.17, 15) is 5.11 Å². The zero-order valence-electron chi connectivity index (χ0n) is 9.88. The first-order valence-electron chi connectivity index (χ1n) is 5.64. The van der Waals surface area contributed by atoms with Crippen molar-refractivity contribution in [3.05, 3.63) is 48.5 Å². The highest BCUT2D eigenvalue weighted by molar-refractivity contribution is 7.22. The SMILES string of the molecule is COc1ccc(-c2cc3c(O)cccc3s2)cc1. The smallest absolute Gasteiger partial charge is 0.124 e. The zero-order chi connectivity index (χ0) is 12.5. The summed E-state index contributed by atoms with van der Waals surface area (Å²) in [5.74, 6) is 1.19. The van der Waals surface area contributed by atoms with E-state index in [-0.39, 0.29) is 0 Å². The van der Waals surface area contributed by atoms with E-state index >= 15 is 0 Å². The predicted molar refractivity (Wildman–Crippen MR) is 75.5 cm³/mol. The van der Waals surface area contributed by atoms with Gasteiger partial charge in [0.15, 0.2) is 0 Å². The minimum Gasteiger partial charge on any atom is -0.507 e. The summed E-state index contributed by atoms with van der Waals surface area (Å²) in [6.45, 7) is 0. The van der Waals surface area contributed by atoms with Crippen LogP contribution in [0.4, 0.5) is 0 Å². The molecule has 0 unspecified atom stereocenters. The van der Waals surface area contributed by atoms with Crippen molar-refractivity contribution in [3.8, 4) is 21.9 Å². The minimum absolute atomic E-state index is 0.337. The third kappa shape index (κ3) is 1.83. The fourth-order valence-corrected chi connectivity index (χ4v) is 3.03. The lowest BCUT2D eigenvalue weighted by Gasteiger charge is -2.00. The number of hydrogen-bond donors (Lipinski definition) is 1. The number of benzene rings is 2. The van der Waals surface area contributed by atoms with Crippen LogP contribution in [0, 0.1) is 0 Å². The Morgan fingerprint density at radius 1 is 1.06 bits per heavy atom. The first kappa shape index (κ1) is 11.1. The van der Waals surface area contributed by atoms with Crippen LogP contribution in [-0.4, -0.2) is 12.2 Å². The topological polar surface area (TPSA) is 29.5 Å². The van der Waals surface area contributed by atoms with Gasteiger partial charge in [-0.15, -0.1) is 11.3 Å². The van der Waals surface area contributed by atoms with Gasteiger partial charge in [0.25, 0.3) is 0 Å². The third-order valence-corrected chi connectivity index (χ3v) is 4.06. The first-order valence-corrected chi connectivity index (χ1v) is 6.45. The van der Waals surface area contributed by atoms with Gasteiger partial charge in [0.2, 0.25) is 0 Å². The molecule has 3 rings (SSSR count). The Hall–Kier alpha value is -2.00. The van der Waals surface area contributed by atoms with Gasteiger partial charge >= 0.3 is 0 Å². The highest BCUT2D eigenvalue weighted by atomic mass is 32.1. The molecule has 2 aromatic carbocycles. The molecule has 0 aliphatic heterocycles. The van der Waals surface area contributed by atoms with Crippen LogP contribution < -0.4 is 4.74 Å². The summed E-state index contributed by atoms with van der Waals surface area (Å²) in [4.78, 5) is 1.15. The van der Waals surface area contributed by atoms with Gasteiger partial charge < -0.3 is 9.84 Å². The number of rotatable bonds is 2. The normalized spacial score (nSPS) is 10.7. The van der Waals surface area contributed by atoms with Gasteiger partial charge in [0, 0.05) is 15.0 Å². The average molecular weight is 256 g/mol. The van der Waals surface area contributed by atoms with Crippen molar-refractivity contribution in [2.75, 3.05) is 7.11 Å². The van der Waals surface area contributed by atoms with E-state index in [0.717, 1.165) is 26.3 Å². The molecule has 0 atom stereocenters. The number of fused-ring (bicyclic) bond motifs is 1.